The van der Waals surface area contributed by atoms with Gasteiger partial charge in [-0.05, 0) is 62.1 Å². The van der Waals surface area contributed by atoms with Crippen molar-refractivity contribution in [1.82, 2.24) is 20.7 Å². The molecule has 0 bridgehead atoms. The molecule has 9 heteroatoms. The average molecular weight is 495 g/mol. The Morgan fingerprint density at radius 1 is 1.06 bits per heavy atom. The molecular formula is C27H34N4O5. The molecule has 2 amide bonds. The maximum Gasteiger partial charge on any atom is 0.251 e. The molecule has 0 aromatic heterocycles. The third kappa shape index (κ3) is 5.91. The van der Waals surface area contributed by atoms with Gasteiger partial charge in [0.2, 0.25) is 5.91 Å². The lowest BCUT2D eigenvalue weighted by Gasteiger charge is -2.31. The van der Waals surface area contributed by atoms with Crippen LogP contribution in [0.4, 0.5) is 0 Å². The van der Waals surface area contributed by atoms with E-state index >= 15 is 0 Å². The van der Waals surface area contributed by atoms with E-state index in [1.165, 1.54) is 4.90 Å². The van der Waals surface area contributed by atoms with Crippen molar-refractivity contribution in [3.05, 3.63) is 66.0 Å². The predicted molar refractivity (Wildman–Crippen MR) is 135 cm³/mol. The van der Waals surface area contributed by atoms with Crippen LogP contribution in [0.5, 0.6) is 17.2 Å². The van der Waals surface area contributed by atoms with Crippen LogP contribution in [-0.2, 0) is 16.0 Å². The van der Waals surface area contributed by atoms with Crippen molar-refractivity contribution in [2.75, 3.05) is 33.4 Å². The second-order valence-corrected chi connectivity index (χ2v) is 8.62. The molecule has 2 atom stereocenters. The first kappa shape index (κ1) is 25.4. The number of methoxy groups -OCH3 is 1. The molecule has 2 aliphatic heterocycles. The van der Waals surface area contributed by atoms with Crippen LogP contribution in [0.25, 0.3) is 0 Å². The Hall–Kier alpha value is -3.72. The molecule has 0 spiro atoms. The monoisotopic (exact) mass is 494 g/mol. The summed E-state index contributed by atoms with van der Waals surface area (Å²) < 4.78 is 16.5. The van der Waals surface area contributed by atoms with E-state index in [1.54, 1.807) is 13.3 Å². The largest absolute Gasteiger partial charge is 0.497 e. The normalized spacial score (nSPS) is 18.7. The van der Waals surface area contributed by atoms with Crippen molar-refractivity contribution in [3.8, 4) is 17.2 Å². The van der Waals surface area contributed by atoms with Crippen molar-refractivity contribution in [2.45, 2.75) is 38.8 Å². The smallest absolute Gasteiger partial charge is 0.251 e. The summed E-state index contributed by atoms with van der Waals surface area (Å²) >= 11 is 0. The maximum atomic E-state index is 13.1. The number of hydrogen-bond donors (Lipinski definition) is 2. The number of nitrogens with zero attached hydrogens (tertiary/aromatic N) is 2. The van der Waals surface area contributed by atoms with Gasteiger partial charge in [-0.1, -0.05) is 18.2 Å². The van der Waals surface area contributed by atoms with E-state index in [4.69, 9.17) is 14.2 Å². The molecule has 192 valence electrons. The van der Waals surface area contributed by atoms with Crippen LogP contribution in [0.2, 0.25) is 0 Å². The van der Waals surface area contributed by atoms with Gasteiger partial charge in [-0.2, -0.15) is 0 Å². The number of hydrogen-bond acceptors (Lipinski definition) is 7. The summed E-state index contributed by atoms with van der Waals surface area (Å²) in [6, 6.07) is 13.3. The zero-order valence-corrected chi connectivity index (χ0v) is 21.0. The van der Waals surface area contributed by atoms with Gasteiger partial charge < -0.3 is 29.4 Å². The van der Waals surface area contributed by atoms with Gasteiger partial charge in [-0.3, -0.25) is 9.59 Å². The molecule has 2 unspecified atom stereocenters. The van der Waals surface area contributed by atoms with Gasteiger partial charge in [0.15, 0.2) is 11.5 Å². The Labute approximate surface area is 212 Å². The van der Waals surface area contributed by atoms with Crippen LogP contribution in [-0.4, -0.2) is 61.2 Å². The lowest BCUT2D eigenvalue weighted by Crippen LogP contribution is -2.50. The van der Waals surface area contributed by atoms with Gasteiger partial charge in [0.1, 0.15) is 18.3 Å². The number of fused-ring (bicyclic) bond motifs is 1. The molecule has 1 saturated heterocycles. The summed E-state index contributed by atoms with van der Waals surface area (Å²) in [5.74, 6) is 1.92. The molecule has 0 radical (unpaired) electrons. The SMILES string of the molecule is CCOc1ccc(CCNC(=O)CN2C=CN3NC(c4ccc(OC)cc4)CC3C2=O)cc1OCC. The molecule has 0 aliphatic carbocycles. The fourth-order valence-electron chi connectivity index (χ4n) is 4.43. The molecule has 4 rings (SSSR count). The number of carbonyl (C=O) groups excluding carboxylic acids is 2. The zero-order chi connectivity index (χ0) is 25.5. The van der Waals surface area contributed by atoms with E-state index in [0.717, 1.165) is 16.9 Å². The first-order valence-corrected chi connectivity index (χ1v) is 12.3. The highest BCUT2D eigenvalue weighted by Crippen LogP contribution is 2.31. The molecule has 1 fully saturated rings. The van der Waals surface area contributed by atoms with Crippen LogP contribution in [0, 0.1) is 0 Å². The summed E-state index contributed by atoms with van der Waals surface area (Å²) in [5, 5.41) is 4.74. The number of benzene rings is 2. The third-order valence-electron chi connectivity index (χ3n) is 6.25. The first-order chi connectivity index (χ1) is 17.5. The van der Waals surface area contributed by atoms with E-state index in [9.17, 15) is 9.59 Å². The molecule has 2 aliphatic rings. The third-order valence-corrected chi connectivity index (χ3v) is 6.25. The minimum absolute atomic E-state index is 0.0129. The fourth-order valence-corrected chi connectivity index (χ4v) is 4.43. The van der Waals surface area contributed by atoms with Gasteiger partial charge in [-0.25, -0.2) is 5.43 Å². The molecule has 0 saturated carbocycles. The van der Waals surface area contributed by atoms with Gasteiger partial charge in [-0.15, -0.1) is 0 Å². The number of carbonyl (C=O) groups is 2. The topological polar surface area (TPSA) is 92.4 Å². The van der Waals surface area contributed by atoms with E-state index in [2.05, 4.69) is 10.7 Å². The van der Waals surface area contributed by atoms with Crippen molar-refractivity contribution in [1.29, 1.82) is 0 Å². The second kappa shape index (κ2) is 11.8. The van der Waals surface area contributed by atoms with E-state index in [1.807, 2.05) is 67.5 Å². The van der Waals surface area contributed by atoms with Crippen LogP contribution in [0.3, 0.4) is 0 Å². The van der Waals surface area contributed by atoms with Crippen molar-refractivity contribution in [2.24, 2.45) is 0 Å². The lowest BCUT2D eigenvalue weighted by atomic mass is 10.0. The Balaban J connectivity index is 1.27. The van der Waals surface area contributed by atoms with E-state index in [0.29, 0.717) is 44.1 Å². The van der Waals surface area contributed by atoms with Crippen molar-refractivity contribution >= 4 is 11.8 Å². The van der Waals surface area contributed by atoms with Gasteiger partial charge >= 0.3 is 0 Å². The van der Waals surface area contributed by atoms with Crippen LogP contribution in [0.15, 0.2) is 54.9 Å². The van der Waals surface area contributed by atoms with Crippen LogP contribution >= 0.6 is 0 Å². The van der Waals surface area contributed by atoms with Gasteiger partial charge in [0.25, 0.3) is 5.91 Å². The number of amides is 2. The molecule has 36 heavy (non-hydrogen) atoms. The standard InChI is InChI=1S/C27H34N4O5/c1-4-35-24-11-6-19(16-25(24)36-5-2)12-13-28-26(32)18-30-14-15-31-23(27(30)33)17-22(29-31)20-7-9-21(34-3)10-8-20/h6-11,14-16,22-23,29H,4-5,12-13,17-18H2,1-3H3,(H,28,32). The second-order valence-electron chi connectivity index (χ2n) is 8.62. The summed E-state index contributed by atoms with van der Waals surface area (Å²) in [5.41, 5.74) is 5.48. The Morgan fingerprint density at radius 3 is 2.53 bits per heavy atom. The fraction of sp³-hybridized carbons (Fsp3) is 0.407. The highest BCUT2D eigenvalue weighted by molar-refractivity contribution is 5.89. The quantitative estimate of drug-likeness (QED) is 0.496. The van der Waals surface area contributed by atoms with Crippen LogP contribution < -0.4 is 25.0 Å². The van der Waals surface area contributed by atoms with Crippen molar-refractivity contribution < 1.29 is 23.8 Å². The molecule has 2 aromatic rings. The number of rotatable bonds is 11. The number of nitrogens with one attached hydrogen (secondary N) is 2. The number of ether oxygens (including phenoxy) is 3. The molecule has 2 aromatic carbocycles. The van der Waals surface area contributed by atoms with E-state index in [-0.39, 0.29) is 30.4 Å². The molecule has 2 N–H and O–H groups in total. The highest BCUT2D eigenvalue weighted by atomic mass is 16.5. The summed E-state index contributed by atoms with van der Waals surface area (Å²) in [4.78, 5) is 27.1. The first-order valence-electron chi connectivity index (χ1n) is 12.3. The predicted octanol–water partition coefficient (Wildman–Crippen LogP) is 2.78. The molecule has 2 heterocycles. The maximum absolute atomic E-state index is 13.1. The minimum Gasteiger partial charge on any atom is -0.497 e. The Kier molecular flexibility index (Phi) is 8.32. The lowest BCUT2D eigenvalue weighted by molar-refractivity contribution is -0.138. The van der Waals surface area contributed by atoms with Gasteiger partial charge in [0, 0.05) is 18.9 Å². The summed E-state index contributed by atoms with van der Waals surface area (Å²) in [6.45, 7) is 5.42. The Bertz CT molecular complexity index is 1090. The molecular weight excluding hydrogens is 460 g/mol. The summed E-state index contributed by atoms with van der Waals surface area (Å²) in [7, 11) is 1.63. The van der Waals surface area contributed by atoms with Gasteiger partial charge in [0.05, 0.1) is 26.4 Å². The van der Waals surface area contributed by atoms with E-state index < -0.39 is 0 Å². The minimum atomic E-state index is -0.351. The van der Waals surface area contributed by atoms with Crippen molar-refractivity contribution in [3.63, 3.8) is 0 Å². The average Bonchev–Trinajstić information content (AvgIpc) is 3.33. The Morgan fingerprint density at radius 2 is 1.81 bits per heavy atom. The highest BCUT2D eigenvalue weighted by Gasteiger charge is 2.40. The zero-order valence-electron chi connectivity index (χ0n) is 21.0. The summed E-state index contributed by atoms with van der Waals surface area (Å²) in [6.07, 6.45) is 4.74. The number of hydrazine groups is 1. The van der Waals surface area contributed by atoms with Crippen LogP contribution in [0.1, 0.15) is 37.4 Å². The molecule has 9 nitrogen and oxygen atoms in total.